The van der Waals surface area contributed by atoms with Gasteiger partial charge in [0, 0.05) is 6.54 Å². The normalized spacial score (nSPS) is 15.6. The number of hydrogen-bond acceptors (Lipinski definition) is 7. The molecule has 0 atom stereocenters. The number of fused-ring (bicyclic) bond motifs is 1. The summed E-state index contributed by atoms with van der Waals surface area (Å²) in [6.45, 7) is 4.56. The van der Waals surface area contributed by atoms with Gasteiger partial charge in [0.15, 0.2) is 11.4 Å². The lowest BCUT2D eigenvalue weighted by Crippen LogP contribution is -2.33. The van der Waals surface area contributed by atoms with Crippen molar-refractivity contribution < 1.29 is 9.53 Å². The monoisotopic (exact) mass is 394 g/mol. The maximum Gasteiger partial charge on any atom is 0.185 e. The number of pyridine rings is 1. The van der Waals surface area contributed by atoms with E-state index in [1.807, 2.05) is 24.3 Å². The summed E-state index contributed by atoms with van der Waals surface area (Å²) >= 11 is 0. The summed E-state index contributed by atoms with van der Waals surface area (Å²) in [6.07, 6.45) is 2.29. The molecule has 1 fully saturated rings. The summed E-state index contributed by atoms with van der Waals surface area (Å²) in [5, 5.41) is 11.9. The van der Waals surface area contributed by atoms with Crippen LogP contribution in [0, 0.1) is 5.92 Å². The number of rotatable bonds is 6. The number of Topliss-reactive ketones (excluding diaryl/α,β-unsaturated/α-hetero) is 1. The lowest BCUT2D eigenvalue weighted by Gasteiger charge is -2.29. The van der Waals surface area contributed by atoms with Gasteiger partial charge in [0.05, 0.1) is 18.4 Å². The average Bonchev–Trinajstić information content (AvgIpc) is 3.15. The first-order valence-corrected chi connectivity index (χ1v) is 9.89. The highest BCUT2D eigenvalue weighted by Crippen LogP contribution is 2.24. The first-order valence-electron chi connectivity index (χ1n) is 9.89. The van der Waals surface area contributed by atoms with Crippen molar-refractivity contribution in [1.29, 1.82) is 0 Å². The molecule has 1 aliphatic rings. The number of benzene rings is 1. The van der Waals surface area contributed by atoms with Crippen molar-refractivity contribution in [2.45, 2.75) is 19.8 Å². The molecule has 152 valence electrons. The molecular formula is C21H26N6O2. The molecule has 0 amide bonds. The van der Waals surface area contributed by atoms with Crippen molar-refractivity contribution in [2.75, 3.05) is 39.1 Å². The first kappa shape index (κ1) is 19.3. The number of ether oxygens (including phenoxy) is 1. The predicted molar refractivity (Wildman–Crippen MR) is 112 cm³/mol. The van der Waals surface area contributed by atoms with Gasteiger partial charge in [-0.2, -0.15) is 4.68 Å². The molecule has 8 nitrogen and oxygen atoms in total. The number of anilines is 1. The van der Waals surface area contributed by atoms with Crippen LogP contribution >= 0.6 is 0 Å². The number of hydrogen-bond donors (Lipinski definition) is 1. The zero-order chi connectivity index (χ0) is 20.4. The van der Waals surface area contributed by atoms with E-state index in [-0.39, 0.29) is 5.78 Å². The van der Waals surface area contributed by atoms with Gasteiger partial charge in [0.2, 0.25) is 0 Å². The highest BCUT2D eigenvalue weighted by Gasteiger charge is 2.19. The van der Waals surface area contributed by atoms with Gasteiger partial charge >= 0.3 is 0 Å². The lowest BCUT2D eigenvalue weighted by atomic mass is 9.97. The fraction of sp³-hybridized carbons (Fsp3) is 0.429. The highest BCUT2D eigenvalue weighted by molar-refractivity contribution is 6.01. The van der Waals surface area contributed by atoms with E-state index in [4.69, 9.17) is 9.72 Å². The fourth-order valence-corrected chi connectivity index (χ4v) is 3.67. The van der Waals surface area contributed by atoms with E-state index >= 15 is 0 Å². The van der Waals surface area contributed by atoms with E-state index < -0.39 is 0 Å². The molecular weight excluding hydrogens is 368 g/mol. The molecule has 1 N–H and O–H groups in total. The summed E-state index contributed by atoms with van der Waals surface area (Å²) in [6, 6.07) is 9.31. The number of nitrogens with zero attached hydrogens (tertiary/aromatic N) is 5. The van der Waals surface area contributed by atoms with Gasteiger partial charge in [-0.1, -0.05) is 5.21 Å². The van der Waals surface area contributed by atoms with Crippen LogP contribution in [0.25, 0.3) is 16.9 Å². The van der Waals surface area contributed by atoms with Gasteiger partial charge < -0.3 is 15.0 Å². The van der Waals surface area contributed by atoms with Crippen LogP contribution in [0.2, 0.25) is 0 Å². The van der Waals surface area contributed by atoms with E-state index in [1.54, 1.807) is 24.8 Å². The largest absolute Gasteiger partial charge is 0.497 e. The number of ketones is 1. The molecule has 0 radical (unpaired) electrons. The minimum atomic E-state index is -0.0377. The van der Waals surface area contributed by atoms with Crippen molar-refractivity contribution in [1.82, 2.24) is 24.9 Å². The number of carbonyl (C=O) groups excluding carboxylic acids is 1. The standard InChI is InChI=1S/C21H26N6O2/c1-14(28)18-12-19-21(23-20(18)22-13-15-8-10-26(2)11-9-15)27(25-24-19)16-4-6-17(29-3)7-5-16/h4-7,12,15H,8-11,13H2,1-3H3,(H,22,23). The van der Waals surface area contributed by atoms with Crippen molar-refractivity contribution >= 4 is 22.8 Å². The van der Waals surface area contributed by atoms with Gasteiger partial charge in [0.1, 0.15) is 17.1 Å². The van der Waals surface area contributed by atoms with Gasteiger partial charge in [-0.3, -0.25) is 4.79 Å². The molecule has 0 spiro atoms. The Morgan fingerprint density at radius 2 is 1.97 bits per heavy atom. The van der Waals surface area contributed by atoms with Crippen molar-refractivity contribution in [3.8, 4) is 11.4 Å². The molecule has 1 saturated heterocycles. The molecule has 0 unspecified atom stereocenters. The second kappa shape index (κ2) is 8.16. The van der Waals surface area contributed by atoms with Crippen LogP contribution in [0.15, 0.2) is 30.3 Å². The number of aromatic nitrogens is 4. The van der Waals surface area contributed by atoms with Gasteiger partial charge in [-0.15, -0.1) is 5.10 Å². The van der Waals surface area contributed by atoms with Crippen LogP contribution in [-0.2, 0) is 0 Å². The predicted octanol–water partition coefficient (Wildman–Crippen LogP) is 2.78. The van der Waals surface area contributed by atoms with Gasteiger partial charge in [0.25, 0.3) is 0 Å². The number of likely N-dealkylation sites (tertiary alicyclic amines) is 1. The second-order valence-corrected chi connectivity index (χ2v) is 7.61. The minimum Gasteiger partial charge on any atom is -0.497 e. The Morgan fingerprint density at radius 3 is 2.62 bits per heavy atom. The average molecular weight is 394 g/mol. The van der Waals surface area contributed by atoms with Gasteiger partial charge in [-0.25, -0.2) is 4.98 Å². The van der Waals surface area contributed by atoms with Crippen LogP contribution in [-0.4, -0.2) is 64.5 Å². The minimum absolute atomic E-state index is 0.0377. The van der Waals surface area contributed by atoms with Gasteiger partial charge in [-0.05, 0) is 76.2 Å². The van der Waals surface area contributed by atoms with Crippen molar-refractivity contribution in [3.05, 3.63) is 35.9 Å². The van der Waals surface area contributed by atoms with Crippen LogP contribution in [0.3, 0.4) is 0 Å². The summed E-state index contributed by atoms with van der Waals surface area (Å²) in [5.74, 6) is 1.91. The number of nitrogens with one attached hydrogen (secondary N) is 1. The summed E-state index contributed by atoms with van der Waals surface area (Å²) < 4.78 is 6.90. The Hall–Kier alpha value is -3.00. The maximum absolute atomic E-state index is 12.2. The quantitative estimate of drug-likeness (QED) is 0.644. The molecule has 29 heavy (non-hydrogen) atoms. The zero-order valence-electron chi connectivity index (χ0n) is 17.1. The molecule has 3 aromatic rings. The Balaban J connectivity index is 1.64. The van der Waals surface area contributed by atoms with Crippen molar-refractivity contribution in [2.24, 2.45) is 5.92 Å². The third-order valence-electron chi connectivity index (χ3n) is 5.52. The summed E-state index contributed by atoms with van der Waals surface area (Å²) in [7, 11) is 3.79. The van der Waals surface area contributed by atoms with Crippen LogP contribution < -0.4 is 10.1 Å². The summed E-state index contributed by atoms with van der Waals surface area (Å²) in [4.78, 5) is 19.3. The fourth-order valence-electron chi connectivity index (χ4n) is 3.67. The van der Waals surface area contributed by atoms with Crippen LogP contribution in [0.4, 0.5) is 5.82 Å². The first-order chi connectivity index (χ1) is 14.0. The molecule has 1 aliphatic heterocycles. The molecule has 0 saturated carbocycles. The van der Waals surface area contributed by atoms with E-state index in [1.165, 1.54) is 0 Å². The van der Waals surface area contributed by atoms with E-state index in [0.29, 0.717) is 28.5 Å². The molecule has 0 bridgehead atoms. The smallest absolute Gasteiger partial charge is 0.185 e. The van der Waals surface area contributed by atoms with E-state index in [9.17, 15) is 4.79 Å². The molecule has 3 heterocycles. The van der Waals surface area contributed by atoms with Crippen molar-refractivity contribution in [3.63, 3.8) is 0 Å². The molecule has 2 aromatic heterocycles. The Bertz CT molecular complexity index is 1010. The molecule has 1 aromatic carbocycles. The van der Waals surface area contributed by atoms with E-state index in [2.05, 4.69) is 27.6 Å². The topological polar surface area (TPSA) is 85.2 Å². The third-order valence-corrected chi connectivity index (χ3v) is 5.52. The SMILES string of the molecule is COc1ccc(-n2nnc3cc(C(C)=O)c(NCC4CCN(C)CC4)nc32)cc1. The number of methoxy groups -OCH3 is 1. The lowest BCUT2D eigenvalue weighted by molar-refractivity contribution is 0.101. The highest BCUT2D eigenvalue weighted by atomic mass is 16.5. The Kier molecular flexibility index (Phi) is 5.44. The zero-order valence-corrected chi connectivity index (χ0v) is 17.1. The Labute approximate surface area is 169 Å². The number of piperidine rings is 1. The second-order valence-electron chi connectivity index (χ2n) is 7.61. The molecule has 8 heteroatoms. The number of carbonyl (C=O) groups is 1. The van der Waals surface area contributed by atoms with Crippen LogP contribution in [0.1, 0.15) is 30.1 Å². The maximum atomic E-state index is 12.2. The molecule has 4 rings (SSSR count). The van der Waals surface area contributed by atoms with E-state index in [0.717, 1.165) is 43.9 Å². The molecule has 0 aliphatic carbocycles. The van der Waals surface area contributed by atoms with Crippen LogP contribution in [0.5, 0.6) is 5.75 Å². The summed E-state index contributed by atoms with van der Waals surface area (Å²) in [5.41, 5.74) is 2.59. The third kappa shape index (κ3) is 4.07. The Morgan fingerprint density at radius 1 is 1.24 bits per heavy atom.